The molecule has 0 unspecified atom stereocenters. The van der Waals surface area contributed by atoms with E-state index in [1.54, 1.807) is 7.11 Å². The number of benzene rings is 1. The maximum Gasteiger partial charge on any atom is 0.410 e. The SMILES string of the molecule is COc1ccccc1NC(=O)CCCC1CCN(C(=O)OC2CCCC2)CC1. The van der Waals surface area contributed by atoms with Gasteiger partial charge in [0.1, 0.15) is 11.9 Å². The molecule has 0 radical (unpaired) electrons. The van der Waals surface area contributed by atoms with Gasteiger partial charge >= 0.3 is 6.09 Å². The van der Waals surface area contributed by atoms with Gasteiger partial charge in [-0.05, 0) is 69.4 Å². The molecule has 154 valence electrons. The highest BCUT2D eigenvalue weighted by atomic mass is 16.6. The van der Waals surface area contributed by atoms with Crippen LogP contribution in [0.5, 0.6) is 5.75 Å². The zero-order valence-electron chi connectivity index (χ0n) is 16.8. The fourth-order valence-electron chi connectivity index (χ4n) is 4.14. The van der Waals surface area contributed by atoms with Crippen molar-refractivity contribution in [2.24, 2.45) is 5.92 Å². The van der Waals surface area contributed by atoms with Crippen LogP contribution in [-0.4, -0.2) is 43.2 Å². The minimum atomic E-state index is -0.137. The summed E-state index contributed by atoms with van der Waals surface area (Å²) in [6.07, 6.45) is 8.73. The van der Waals surface area contributed by atoms with Crippen molar-refractivity contribution in [3.63, 3.8) is 0 Å². The van der Waals surface area contributed by atoms with Crippen molar-refractivity contribution in [3.05, 3.63) is 24.3 Å². The first kappa shape index (κ1) is 20.5. The van der Waals surface area contributed by atoms with E-state index in [2.05, 4.69) is 5.32 Å². The van der Waals surface area contributed by atoms with E-state index in [-0.39, 0.29) is 18.1 Å². The van der Waals surface area contributed by atoms with E-state index >= 15 is 0 Å². The number of nitrogens with one attached hydrogen (secondary N) is 1. The monoisotopic (exact) mass is 388 g/mol. The third-order valence-corrected chi connectivity index (χ3v) is 5.84. The van der Waals surface area contributed by atoms with Crippen LogP contribution in [0.15, 0.2) is 24.3 Å². The van der Waals surface area contributed by atoms with E-state index < -0.39 is 0 Å². The molecule has 2 fully saturated rings. The van der Waals surface area contributed by atoms with E-state index in [0.29, 0.717) is 23.8 Å². The van der Waals surface area contributed by atoms with Gasteiger partial charge in [-0.1, -0.05) is 12.1 Å². The number of likely N-dealkylation sites (tertiary alicyclic amines) is 1. The van der Waals surface area contributed by atoms with Gasteiger partial charge in [-0.15, -0.1) is 0 Å². The zero-order valence-corrected chi connectivity index (χ0v) is 16.8. The number of carbonyl (C=O) groups is 2. The first-order chi connectivity index (χ1) is 13.7. The molecule has 1 saturated carbocycles. The van der Waals surface area contributed by atoms with Crippen molar-refractivity contribution in [3.8, 4) is 5.75 Å². The number of ether oxygens (including phenoxy) is 2. The lowest BCUT2D eigenvalue weighted by atomic mass is 9.91. The van der Waals surface area contributed by atoms with E-state index in [4.69, 9.17) is 9.47 Å². The third kappa shape index (κ3) is 5.88. The fraction of sp³-hybridized carbons (Fsp3) is 0.636. The highest BCUT2D eigenvalue weighted by Crippen LogP contribution is 2.26. The highest BCUT2D eigenvalue weighted by Gasteiger charge is 2.26. The Morgan fingerprint density at radius 1 is 1.11 bits per heavy atom. The van der Waals surface area contributed by atoms with Gasteiger partial charge in [0.25, 0.3) is 0 Å². The maximum atomic E-state index is 12.2. The molecule has 2 aliphatic rings. The van der Waals surface area contributed by atoms with E-state index in [1.807, 2.05) is 29.2 Å². The number of amides is 2. The van der Waals surface area contributed by atoms with Crippen LogP contribution in [0, 0.1) is 5.92 Å². The largest absolute Gasteiger partial charge is 0.495 e. The first-order valence-electron chi connectivity index (χ1n) is 10.5. The lowest BCUT2D eigenvalue weighted by Crippen LogP contribution is -2.40. The molecule has 6 heteroatoms. The molecule has 0 spiro atoms. The Labute approximate surface area is 167 Å². The molecule has 1 heterocycles. The molecular weight excluding hydrogens is 356 g/mol. The van der Waals surface area contributed by atoms with Gasteiger partial charge in [-0.3, -0.25) is 4.79 Å². The Bertz CT molecular complexity index is 650. The van der Waals surface area contributed by atoms with Gasteiger partial charge in [0.2, 0.25) is 5.91 Å². The average molecular weight is 389 g/mol. The molecular formula is C22H32N2O4. The van der Waals surface area contributed by atoms with Crippen molar-refractivity contribution in [2.45, 2.75) is 63.9 Å². The minimum Gasteiger partial charge on any atom is -0.495 e. The number of nitrogens with zero attached hydrogens (tertiary/aromatic N) is 1. The van der Waals surface area contributed by atoms with Gasteiger partial charge in [-0.2, -0.15) is 0 Å². The van der Waals surface area contributed by atoms with Crippen molar-refractivity contribution >= 4 is 17.7 Å². The Hall–Kier alpha value is -2.24. The van der Waals surface area contributed by atoms with Crippen LogP contribution in [0.2, 0.25) is 0 Å². The molecule has 0 atom stereocenters. The second-order valence-electron chi connectivity index (χ2n) is 7.86. The van der Waals surface area contributed by atoms with Gasteiger partial charge in [0.05, 0.1) is 12.8 Å². The molecule has 6 nitrogen and oxygen atoms in total. The van der Waals surface area contributed by atoms with Crippen molar-refractivity contribution in [1.29, 1.82) is 0 Å². The fourth-order valence-corrected chi connectivity index (χ4v) is 4.14. The average Bonchev–Trinajstić information content (AvgIpc) is 3.22. The van der Waals surface area contributed by atoms with Crippen molar-refractivity contribution in [1.82, 2.24) is 4.90 Å². The summed E-state index contributed by atoms with van der Waals surface area (Å²) in [5.41, 5.74) is 0.712. The Balaban J connectivity index is 1.32. The van der Waals surface area contributed by atoms with Gasteiger partial charge in [0.15, 0.2) is 0 Å². The maximum absolute atomic E-state index is 12.2. The second-order valence-corrected chi connectivity index (χ2v) is 7.86. The smallest absolute Gasteiger partial charge is 0.410 e. The molecule has 0 aromatic heterocycles. The number of anilines is 1. The molecule has 3 rings (SSSR count). The van der Waals surface area contributed by atoms with E-state index in [0.717, 1.165) is 51.6 Å². The van der Waals surface area contributed by atoms with Crippen molar-refractivity contribution in [2.75, 3.05) is 25.5 Å². The molecule has 1 aliphatic carbocycles. The lowest BCUT2D eigenvalue weighted by molar-refractivity contribution is -0.116. The van der Waals surface area contributed by atoms with Gasteiger partial charge in [-0.25, -0.2) is 4.79 Å². The first-order valence-corrected chi connectivity index (χ1v) is 10.5. The predicted molar refractivity (Wildman–Crippen MR) is 109 cm³/mol. The molecule has 1 aliphatic heterocycles. The Morgan fingerprint density at radius 2 is 1.82 bits per heavy atom. The van der Waals surface area contributed by atoms with Crippen LogP contribution in [0.3, 0.4) is 0 Å². The van der Waals surface area contributed by atoms with E-state index in [1.165, 1.54) is 12.8 Å². The molecule has 1 aromatic rings. The number of para-hydroxylation sites is 2. The number of hydrogen-bond donors (Lipinski definition) is 1. The number of methoxy groups -OCH3 is 1. The number of rotatable bonds is 7. The number of hydrogen-bond acceptors (Lipinski definition) is 4. The summed E-state index contributed by atoms with van der Waals surface area (Å²) in [6.45, 7) is 1.53. The second kappa shape index (κ2) is 10.3. The topological polar surface area (TPSA) is 67.9 Å². The molecule has 1 saturated heterocycles. The van der Waals surface area contributed by atoms with Gasteiger partial charge in [0, 0.05) is 19.5 Å². The summed E-state index contributed by atoms with van der Waals surface area (Å²) in [5, 5.41) is 2.92. The van der Waals surface area contributed by atoms with Crippen LogP contribution >= 0.6 is 0 Å². The number of carbonyl (C=O) groups excluding carboxylic acids is 2. The van der Waals surface area contributed by atoms with Crippen molar-refractivity contribution < 1.29 is 19.1 Å². The van der Waals surface area contributed by atoms with E-state index in [9.17, 15) is 9.59 Å². The molecule has 1 aromatic carbocycles. The summed E-state index contributed by atoms with van der Waals surface area (Å²) in [5.74, 6) is 1.27. The molecule has 0 bridgehead atoms. The Morgan fingerprint density at radius 3 is 2.54 bits per heavy atom. The zero-order chi connectivity index (χ0) is 19.8. The van der Waals surface area contributed by atoms with Crippen LogP contribution in [0.25, 0.3) is 0 Å². The molecule has 1 N–H and O–H groups in total. The van der Waals surface area contributed by atoms with Crippen LogP contribution in [0.1, 0.15) is 57.8 Å². The summed E-state index contributed by atoms with van der Waals surface area (Å²) in [6, 6.07) is 7.44. The van der Waals surface area contributed by atoms with Gasteiger partial charge < -0.3 is 19.7 Å². The minimum absolute atomic E-state index is 0.0158. The van der Waals surface area contributed by atoms with Crippen LogP contribution in [0.4, 0.5) is 10.5 Å². The highest BCUT2D eigenvalue weighted by molar-refractivity contribution is 5.92. The molecule has 28 heavy (non-hydrogen) atoms. The quantitative estimate of drug-likeness (QED) is 0.741. The summed E-state index contributed by atoms with van der Waals surface area (Å²) < 4.78 is 10.9. The van der Waals surface area contributed by atoms with Crippen LogP contribution in [-0.2, 0) is 9.53 Å². The third-order valence-electron chi connectivity index (χ3n) is 5.84. The standard InChI is InChI=1S/C22H32N2O4/c1-27-20-11-5-4-10-19(20)23-21(25)12-6-7-17-13-15-24(16-14-17)22(26)28-18-8-2-3-9-18/h4-5,10-11,17-18H,2-3,6-9,12-16H2,1H3,(H,23,25). The summed E-state index contributed by atoms with van der Waals surface area (Å²) >= 11 is 0. The lowest BCUT2D eigenvalue weighted by Gasteiger charge is -2.32. The summed E-state index contributed by atoms with van der Waals surface area (Å²) in [4.78, 5) is 26.3. The Kier molecular flexibility index (Phi) is 7.57. The predicted octanol–water partition coefficient (Wildman–Crippen LogP) is 4.60. The normalized spacial score (nSPS) is 18.1. The summed E-state index contributed by atoms with van der Waals surface area (Å²) in [7, 11) is 1.60. The number of piperidine rings is 1. The van der Waals surface area contributed by atoms with Crippen LogP contribution < -0.4 is 10.1 Å². The molecule has 2 amide bonds.